The molecule has 0 N–H and O–H groups in total. The Morgan fingerprint density at radius 2 is 1.19 bits per heavy atom. The van der Waals surface area contributed by atoms with Crippen LogP contribution in [0, 0.1) is 0 Å². The molecular formula is C31H27N3O2S. The summed E-state index contributed by atoms with van der Waals surface area (Å²) < 4.78 is 0. The molecule has 5 rings (SSSR count). The molecule has 1 fully saturated rings. The number of thiocarbonyl (C=S) groups is 1. The topological polar surface area (TPSA) is 43.9 Å². The number of amides is 2. The molecule has 6 heteroatoms. The van der Waals surface area contributed by atoms with Gasteiger partial charge >= 0.3 is 0 Å². The fraction of sp³-hybridized carbons (Fsp3) is 0.129. The molecule has 1 aliphatic rings. The Labute approximate surface area is 222 Å². The fourth-order valence-corrected chi connectivity index (χ4v) is 5.06. The second kappa shape index (κ2) is 10.4. The maximum atomic E-state index is 13.0. The minimum atomic E-state index is -0.348. The predicted octanol–water partition coefficient (Wildman–Crippen LogP) is 6.69. The van der Waals surface area contributed by atoms with Gasteiger partial charge in [0.1, 0.15) is 5.57 Å². The minimum Gasteiger partial charge on any atom is -0.310 e. The van der Waals surface area contributed by atoms with Crippen molar-refractivity contribution in [3.05, 3.63) is 108 Å². The number of para-hydroxylation sites is 2. The van der Waals surface area contributed by atoms with E-state index in [4.69, 9.17) is 12.2 Å². The van der Waals surface area contributed by atoms with Gasteiger partial charge in [-0.25, -0.2) is 0 Å². The summed E-state index contributed by atoms with van der Waals surface area (Å²) in [5.41, 5.74) is 4.11. The maximum absolute atomic E-state index is 13.0. The highest BCUT2D eigenvalue weighted by Gasteiger charge is 2.37. The van der Waals surface area contributed by atoms with E-state index < -0.39 is 0 Å². The highest BCUT2D eigenvalue weighted by atomic mass is 32.1. The van der Waals surface area contributed by atoms with E-state index in [0.29, 0.717) is 13.1 Å². The molecule has 4 aromatic rings. The van der Waals surface area contributed by atoms with Gasteiger partial charge in [-0.15, -0.1) is 0 Å². The van der Waals surface area contributed by atoms with Gasteiger partial charge in [0.2, 0.25) is 0 Å². The van der Waals surface area contributed by atoms with Gasteiger partial charge < -0.3 is 4.90 Å². The lowest BCUT2D eigenvalue weighted by Gasteiger charge is -2.35. The van der Waals surface area contributed by atoms with E-state index in [1.807, 2.05) is 68.4 Å². The van der Waals surface area contributed by atoms with E-state index in [1.165, 1.54) is 9.80 Å². The maximum Gasteiger partial charge on any atom is 0.265 e. The summed E-state index contributed by atoms with van der Waals surface area (Å²) in [6.45, 7) is 4.54. The highest BCUT2D eigenvalue weighted by molar-refractivity contribution is 7.80. The molecule has 4 aromatic carbocycles. The normalized spacial score (nSPS) is 13.9. The lowest BCUT2D eigenvalue weighted by molar-refractivity contribution is -0.133. The van der Waals surface area contributed by atoms with Crippen LogP contribution in [0.4, 0.5) is 17.1 Å². The van der Waals surface area contributed by atoms with Gasteiger partial charge in [0, 0.05) is 30.2 Å². The quantitative estimate of drug-likeness (QED) is 0.166. The van der Waals surface area contributed by atoms with Crippen LogP contribution >= 0.6 is 12.2 Å². The summed E-state index contributed by atoms with van der Waals surface area (Å²) in [5.74, 6) is -0.696. The molecule has 0 aromatic heterocycles. The van der Waals surface area contributed by atoms with Crippen molar-refractivity contribution in [2.45, 2.75) is 13.8 Å². The largest absolute Gasteiger partial charge is 0.310 e. The molecule has 184 valence electrons. The lowest BCUT2D eigenvalue weighted by Crippen LogP contribution is -2.55. The van der Waals surface area contributed by atoms with E-state index in [1.54, 1.807) is 6.08 Å². The van der Waals surface area contributed by atoms with Crippen molar-refractivity contribution in [1.82, 2.24) is 9.80 Å². The molecule has 2 amide bonds. The number of hydrogen-bond acceptors (Lipinski definition) is 4. The summed E-state index contributed by atoms with van der Waals surface area (Å²) in [4.78, 5) is 31.2. The molecule has 1 heterocycles. The number of nitrogens with zero attached hydrogens (tertiary/aromatic N) is 3. The van der Waals surface area contributed by atoms with Crippen molar-refractivity contribution in [2.75, 3.05) is 18.0 Å². The second-order valence-electron chi connectivity index (χ2n) is 8.74. The van der Waals surface area contributed by atoms with Gasteiger partial charge in [-0.3, -0.25) is 19.4 Å². The third kappa shape index (κ3) is 4.63. The predicted molar refractivity (Wildman–Crippen MR) is 154 cm³/mol. The van der Waals surface area contributed by atoms with Gasteiger partial charge in [-0.05, 0) is 90.9 Å². The van der Waals surface area contributed by atoms with Crippen LogP contribution in [0.2, 0.25) is 0 Å². The van der Waals surface area contributed by atoms with Crippen molar-refractivity contribution in [3.8, 4) is 0 Å². The Morgan fingerprint density at radius 3 is 1.73 bits per heavy atom. The minimum absolute atomic E-state index is 0.132. The van der Waals surface area contributed by atoms with Crippen LogP contribution in [0.3, 0.4) is 0 Å². The van der Waals surface area contributed by atoms with Crippen molar-refractivity contribution >= 4 is 63.1 Å². The average Bonchev–Trinajstić information content (AvgIpc) is 2.93. The van der Waals surface area contributed by atoms with E-state index >= 15 is 0 Å². The molecule has 0 atom stereocenters. The Morgan fingerprint density at radius 1 is 0.676 bits per heavy atom. The second-order valence-corrected chi connectivity index (χ2v) is 9.10. The van der Waals surface area contributed by atoms with Crippen LogP contribution in [0.1, 0.15) is 19.4 Å². The van der Waals surface area contributed by atoms with Crippen LogP contribution in [-0.2, 0) is 9.59 Å². The monoisotopic (exact) mass is 505 g/mol. The molecule has 5 nitrogen and oxygen atoms in total. The van der Waals surface area contributed by atoms with Crippen LogP contribution in [0.25, 0.3) is 16.8 Å². The summed E-state index contributed by atoms with van der Waals surface area (Å²) >= 11 is 5.36. The first kappa shape index (κ1) is 24.4. The molecule has 0 radical (unpaired) electrons. The van der Waals surface area contributed by atoms with Gasteiger partial charge in [0.25, 0.3) is 11.8 Å². The third-order valence-corrected chi connectivity index (χ3v) is 6.93. The van der Waals surface area contributed by atoms with Crippen molar-refractivity contribution < 1.29 is 9.59 Å². The number of anilines is 3. The van der Waals surface area contributed by atoms with Crippen LogP contribution in [0.5, 0.6) is 0 Å². The van der Waals surface area contributed by atoms with E-state index in [-0.39, 0.29) is 22.5 Å². The summed E-state index contributed by atoms with van der Waals surface area (Å²) in [6, 6.07) is 32.8. The lowest BCUT2D eigenvalue weighted by atomic mass is 10.0. The summed E-state index contributed by atoms with van der Waals surface area (Å²) in [7, 11) is 0. The third-order valence-electron chi connectivity index (χ3n) is 6.49. The zero-order chi connectivity index (χ0) is 25.9. The van der Waals surface area contributed by atoms with Crippen LogP contribution < -0.4 is 4.90 Å². The molecule has 1 saturated heterocycles. The highest BCUT2D eigenvalue weighted by Crippen LogP contribution is 2.36. The molecule has 0 bridgehead atoms. The smallest absolute Gasteiger partial charge is 0.265 e. The molecule has 0 unspecified atom stereocenters. The van der Waals surface area contributed by atoms with Crippen LogP contribution in [-0.4, -0.2) is 39.8 Å². The fourth-order valence-electron chi connectivity index (χ4n) is 4.63. The first-order valence-corrected chi connectivity index (χ1v) is 12.8. The molecule has 37 heavy (non-hydrogen) atoms. The number of hydrogen-bond donors (Lipinski definition) is 0. The molecule has 0 aliphatic carbocycles. The average molecular weight is 506 g/mol. The zero-order valence-electron chi connectivity index (χ0n) is 20.8. The molecule has 1 aliphatic heterocycles. The first-order valence-electron chi connectivity index (χ1n) is 12.3. The summed E-state index contributed by atoms with van der Waals surface area (Å²) in [5, 5.41) is 2.35. The van der Waals surface area contributed by atoms with Crippen LogP contribution in [0.15, 0.2) is 103 Å². The number of rotatable bonds is 6. The Balaban J connectivity index is 1.53. The molecular weight excluding hydrogens is 478 g/mol. The van der Waals surface area contributed by atoms with Gasteiger partial charge in [0.05, 0.1) is 0 Å². The zero-order valence-corrected chi connectivity index (χ0v) is 21.6. The number of carbonyl (C=O) groups excluding carboxylic acids is 2. The number of fused-ring (bicyclic) bond motifs is 1. The van der Waals surface area contributed by atoms with E-state index in [2.05, 4.69) is 47.4 Å². The molecule has 0 spiro atoms. The first-order chi connectivity index (χ1) is 18.0. The number of likely N-dealkylation sites (N-methyl/N-ethyl adjacent to an activating group) is 2. The van der Waals surface area contributed by atoms with Gasteiger partial charge in [0.15, 0.2) is 5.11 Å². The van der Waals surface area contributed by atoms with Crippen molar-refractivity contribution in [1.29, 1.82) is 0 Å². The van der Waals surface area contributed by atoms with Gasteiger partial charge in [-0.2, -0.15) is 0 Å². The Bertz CT molecular complexity index is 1450. The van der Waals surface area contributed by atoms with E-state index in [0.717, 1.165) is 33.4 Å². The number of carbonyl (C=O) groups is 2. The van der Waals surface area contributed by atoms with E-state index in [9.17, 15) is 9.59 Å². The Hall–Kier alpha value is -4.29. The SMILES string of the molecule is CCN1C(=O)C(=Cc2ccc3cc(N(c4ccccc4)c4ccccc4)ccc3c2)C(=O)N(CC)C1=S. The summed E-state index contributed by atoms with van der Waals surface area (Å²) in [6.07, 6.45) is 1.67. The van der Waals surface area contributed by atoms with Crippen molar-refractivity contribution in [2.24, 2.45) is 0 Å². The standard InChI is InChI=1S/C31H27N3O2S/c1-3-32-29(35)28(30(36)33(4-2)31(32)37)20-22-15-16-24-21-27(18-17-23(24)19-22)34(25-11-7-5-8-12-25)26-13-9-6-10-14-26/h5-21H,3-4H2,1-2H3. The van der Waals surface area contributed by atoms with Crippen molar-refractivity contribution in [3.63, 3.8) is 0 Å². The van der Waals surface area contributed by atoms with Gasteiger partial charge in [-0.1, -0.05) is 54.6 Å². The number of benzene rings is 4. The molecule has 0 saturated carbocycles. The Kier molecular flexibility index (Phi) is 6.84.